The molecule has 0 N–H and O–H groups in total. The summed E-state index contributed by atoms with van der Waals surface area (Å²) in [5.74, 6) is 1.66. The summed E-state index contributed by atoms with van der Waals surface area (Å²) in [5, 5.41) is 0.949. The maximum Gasteiger partial charge on any atom is 0.186 e. The maximum atomic E-state index is 12.7. The van der Waals surface area contributed by atoms with Gasteiger partial charge < -0.3 is 19.1 Å². The van der Waals surface area contributed by atoms with Crippen molar-refractivity contribution in [2.45, 2.75) is 39.2 Å². The Morgan fingerprint density at radius 2 is 1.89 bits per heavy atom. The summed E-state index contributed by atoms with van der Waals surface area (Å²) < 4.78 is 16.7. The monoisotopic (exact) mass is 492 g/mol. The minimum absolute atomic E-state index is 0.0234. The molecule has 7 heteroatoms. The number of anilines is 1. The van der Waals surface area contributed by atoms with Crippen LogP contribution in [0.1, 0.15) is 41.2 Å². The number of thiazole rings is 1. The summed E-state index contributed by atoms with van der Waals surface area (Å²) in [6, 6.07) is 14.8. The molecule has 1 saturated heterocycles. The lowest BCUT2D eigenvalue weighted by atomic mass is 9.78. The number of carbonyl (C=O) groups is 1. The molecule has 1 aliphatic carbocycles. The van der Waals surface area contributed by atoms with Gasteiger partial charge in [0.05, 0.1) is 44.0 Å². The summed E-state index contributed by atoms with van der Waals surface area (Å²) in [5.41, 5.74) is 4.38. The first kappa shape index (κ1) is 23.8. The number of benzene rings is 2. The third-order valence-corrected chi connectivity index (χ3v) is 7.99. The maximum absolute atomic E-state index is 12.7. The fraction of sp³-hybridized carbons (Fsp3) is 0.429. The van der Waals surface area contributed by atoms with Crippen LogP contribution in [0, 0.1) is 5.41 Å². The summed E-state index contributed by atoms with van der Waals surface area (Å²) in [7, 11) is 3.30. The van der Waals surface area contributed by atoms with Crippen LogP contribution in [0.2, 0.25) is 0 Å². The quantitative estimate of drug-likeness (QED) is 0.457. The molecule has 0 amide bonds. The molecule has 184 valence electrons. The van der Waals surface area contributed by atoms with Crippen LogP contribution in [0.15, 0.2) is 42.5 Å². The van der Waals surface area contributed by atoms with Gasteiger partial charge in [-0.25, -0.2) is 4.98 Å². The van der Waals surface area contributed by atoms with Crippen molar-refractivity contribution in [3.8, 4) is 22.6 Å². The zero-order valence-electron chi connectivity index (χ0n) is 20.8. The number of carbonyl (C=O) groups excluding carboxylic acids is 1. The predicted octanol–water partition coefficient (Wildman–Crippen LogP) is 5.43. The Hall–Kier alpha value is -2.90. The van der Waals surface area contributed by atoms with E-state index in [9.17, 15) is 4.79 Å². The number of hydrogen-bond donors (Lipinski definition) is 0. The Labute approximate surface area is 210 Å². The SMILES string of the molecule is COc1ccc(-c2cccc(C[C@H]3COCCN3c3nc4c(s3)C(=O)CC(C)(C)C4)c2)cc1OC. The molecule has 0 unspecified atom stereocenters. The third-order valence-electron chi connectivity index (χ3n) is 6.81. The molecule has 5 rings (SSSR count). The Morgan fingerprint density at radius 3 is 2.69 bits per heavy atom. The normalized spacial score (nSPS) is 19.4. The largest absolute Gasteiger partial charge is 0.493 e. The van der Waals surface area contributed by atoms with Crippen LogP contribution in [-0.2, 0) is 17.6 Å². The molecule has 0 bridgehead atoms. The number of rotatable bonds is 6. The van der Waals surface area contributed by atoms with Gasteiger partial charge in [0.25, 0.3) is 0 Å². The standard InChI is InChI=1S/C28H32N2O4S/c1-28(2)15-22-26(23(31)16-28)35-27(29-22)30-10-11-34-17-21(30)13-18-6-5-7-19(12-18)20-8-9-24(32-3)25(14-20)33-4/h5-9,12,14,21H,10-11,13,15-17H2,1-4H3/t21-/m0/s1. The summed E-state index contributed by atoms with van der Waals surface area (Å²) in [4.78, 5) is 20.9. The van der Waals surface area contributed by atoms with Gasteiger partial charge in [-0.2, -0.15) is 0 Å². The van der Waals surface area contributed by atoms with Gasteiger partial charge in [0.15, 0.2) is 22.4 Å². The van der Waals surface area contributed by atoms with Crippen molar-refractivity contribution in [2.24, 2.45) is 5.41 Å². The van der Waals surface area contributed by atoms with Gasteiger partial charge in [0.2, 0.25) is 0 Å². The third kappa shape index (κ3) is 4.93. The zero-order chi connectivity index (χ0) is 24.6. The average molecular weight is 493 g/mol. The van der Waals surface area contributed by atoms with E-state index in [-0.39, 0.29) is 17.2 Å². The molecule has 1 aromatic heterocycles. The van der Waals surface area contributed by atoms with Crippen molar-refractivity contribution >= 4 is 22.3 Å². The minimum atomic E-state index is -0.0234. The Balaban J connectivity index is 1.39. The number of nitrogens with zero attached hydrogens (tertiary/aromatic N) is 2. The first-order chi connectivity index (χ1) is 16.9. The average Bonchev–Trinajstić information content (AvgIpc) is 3.27. The molecule has 3 aromatic rings. The molecule has 0 saturated carbocycles. The van der Waals surface area contributed by atoms with E-state index in [1.165, 1.54) is 5.56 Å². The Kier molecular flexibility index (Phi) is 6.55. The highest BCUT2D eigenvalue weighted by Crippen LogP contribution is 2.40. The summed E-state index contributed by atoms with van der Waals surface area (Å²) >= 11 is 1.56. The molecule has 6 nitrogen and oxygen atoms in total. The molecule has 0 radical (unpaired) electrons. The smallest absolute Gasteiger partial charge is 0.186 e. The number of ether oxygens (including phenoxy) is 3. The number of Topliss-reactive ketones (excluding diaryl/α,β-unsaturated/α-hetero) is 1. The molecule has 35 heavy (non-hydrogen) atoms. The fourth-order valence-corrected chi connectivity index (χ4v) is 6.19. The van der Waals surface area contributed by atoms with E-state index in [4.69, 9.17) is 19.2 Å². The van der Waals surface area contributed by atoms with Crippen LogP contribution in [0.4, 0.5) is 5.13 Å². The summed E-state index contributed by atoms with van der Waals surface area (Å²) in [6.45, 7) is 6.39. The highest BCUT2D eigenvalue weighted by Gasteiger charge is 2.36. The van der Waals surface area contributed by atoms with Crippen LogP contribution in [-0.4, -0.2) is 50.8 Å². The van der Waals surface area contributed by atoms with Crippen molar-refractivity contribution in [3.63, 3.8) is 0 Å². The van der Waals surface area contributed by atoms with Crippen LogP contribution >= 0.6 is 11.3 Å². The molecule has 0 spiro atoms. The second-order valence-corrected chi connectivity index (χ2v) is 11.1. The van der Waals surface area contributed by atoms with E-state index >= 15 is 0 Å². The van der Waals surface area contributed by atoms with E-state index in [0.29, 0.717) is 25.4 Å². The number of aromatic nitrogens is 1. The van der Waals surface area contributed by atoms with Gasteiger partial charge >= 0.3 is 0 Å². The van der Waals surface area contributed by atoms with Crippen molar-refractivity contribution in [3.05, 3.63) is 58.6 Å². The minimum Gasteiger partial charge on any atom is -0.493 e. The molecule has 2 aromatic carbocycles. The second-order valence-electron chi connectivity index (χ2n) is 10.1. The molecule has 2 aliphatic rings. The lowest BCUT2D eigenvalue weighted by molar-refractivity contribution is 0.0915. The van der Waals surface area contributed by atoms with Gasteiger partial charge in [0.1, 0.15) is 0 Å². The molecule has 1 aliphatic heterocycles. The van der Waals surface area contributed by atoms with Gasteiger partial charge in [-0.1, -0.05) is 55.5 Å². The van der Waals surface area contributed by atoms with Crippen LogP contribution in [0.3, 0.4) is 0 Å². The topological polar surface area (TPSA) is 60.9 Å². The first-order valence-electron chi connectivity index (χ1n) is 12.1. The fourth-order valence-electron chi connectivity index (χ4n) is 5.07. The molecular formula is C28H32N2O4S. The van der Waals surface area contributed by atoms with Crippen LogP contribution in [0.5, 0.6) is 11.5 Å². The zero-order valence-corrected chi connectivity index (χ0v) is 21.6. The highest BCUT2D eigenvalue weighted by atomic mass is 32.1. The second kappa shape index (κ2) is 9.63. The molecule has 2 heterocycles. The number of fused-ring (bicyclic) bond motifs is 1. The summed E-state index contributed by atoms with van der Waals surface area (Å²) in [6.07, 6.45) is 2.29. The van der Waals surface area contributed by atoms with E-state index < -0.39 is 0 Å². The number of hydrogen-bond acceptors (Lipinski definition) is 7. The first-order valence-corrected chi connectivity index (χ1v) is 12.9. The highest BCUT2D eigenvalue weighted by molar-refractivity contribution is 7.17. The number of ketones is 1. The van der Waals surface area contributed by atoms with E-state index in [1.807, 2.05) is 12.1 Å². The molecule has 1 atom stereocenters. The van der Waals surface area contributed by atoms with Crippen LogP contribution in [0.25, 0.3) is 11.1 Å². The van der Waals surface area contributed by atoms with E-state index in [0.717, 1.165) is 52.0 Å². The van der Waals surface area contributed by atoms with Gasteiger partial charge in [-0.05, 0) is 47.1 Å². The van der Waals surface area contributed by atoms with Crippen molar-refractivity contribution in [2.75, 3.05) is 38.9 Å². The van der Waals surface area contributed by atoms with Crippen molar-refractivity contribution in [1.29, 1.82) is 0 Å². The number of methoxy groups -OCH3 is 2. The van der Waals surface area contributed by atoms with E-state index in [2.05, 4.69) is 49.1 Å². The molecule has 1 fully saturated rings. The number of morpholine rings is 1. The van der Waals surface area contributed by atoms with Gasteiger partial charge in [-0.15, -0.1) is 0 Å². The van der Waals surface area contributed by atoms with E-state index in [1.54, 1.807) is 25.6 Å². The Morgan fingerprint density at radius 1 is 1.09 bits per heavy atom. The van der Waals surface area contributed by atoms with Crippen molar-refractivity contribution in [1.82, 2.24) is 4.98 Å². The lowest BCUT2D eigenvalue weighted by Gasteiger charge is -2.35. The van der Waals surface area contributed by atoms with Gasteiger partial charge in [0, 0.05) is 13.0 Å². The van der Waals surface area contributed by atoms with Gasteiger partial charge in [-0.3, -0.25) is 4.79 Å². The van der Waals surface area contributed by atoms with Crippen molar-refractivity contribution < 1.29 is 19.0 Å². The molecular weight excluding hydrogens is 460 g/mol. The Bertz CT molecular complexity index is 1240. The predicted molar refractivity (Wildman–Crippen MR) is 139 cm³/mol. The van der Waals surface area contributed by atoms with Crippen LogP contribution < -0.4 is 14.4 Å². The lowest BCUT2D eigenvalue weighted by Crippen LogP contribution is -2.46.